The fourth-order valence-corrected chi connectivity index (χ4v) is 1.52. The van der Waals surface area contributed by atoms with Gasteiger partial charge in [-0.25, -0.2) is 0 Å². The average Bonchev–Trinajstić information content (AvgIpc) is 2.31. The monoisotopic (exact) mass is 167 g/mol. The van der Waals surface area contributed by atoms with Crippen molar-refractivity contribution >= 4 is 16.3 Å². The molecule has 0 spiro atoms. The predicted octanol–water partition coefficient (Wildman–Crippen LogP) is 3.39. The van der Waals surface area contributed by atoms with Gasteiger partial charge in [-0.2, -0.15) is 0 Å². The molecule has 1 aromatic rings. The molecule has 0 saturated heterocycles. The first-order valence-corrected chi connectivity index (χ1v) is 4.52. The summed E-state index contributed by atoms with van der Waals surface area (Å²) in [6.07, 6.45) is 2.03. The van der Waals surface area contributed by atoms with Gasteiger partial charge in [0.25, 0.3) is 0 Å². The highest BCUT2D eigenvalue weighted by Gasteiger charge is 1.94. The maximum atomic E-state index is 3.25. The van der Waals surface area contributed by atoms with E-state index in [-0.39, 0.29) is 0 Å². The largest absolute Gasteiger partial charge is 0.353 e. The highest BCUT2D eigenvalue weighted by molar-refractivity contribution is 7.14. The van der Waals surface area contributed by atoms with Crippen LogP contribution in [0, 0.1) is 6.92 Å². The Labute approximate surface area is 71.8 Å². The van der Waals surface area contributed by atoms with Gasteiger partial charge in [0.2, 0.25) is 0 Å². The van der Waals surface area contributed by atoms with Crippen LogP contribution in [0.4, 0.5) is 5.00 Å². The molecule has 0 aliphatic heterocycles. The maximum absolute atomic E-state index is 3.25. The van der Waals surface area contributed by atoms with E-state index in [4.69, 9.17) is 0 Å². The number of anilines is 1. The lowest BCUT2D eigenvalue weighted by Gasteiger charge is -1.98. The van der Waals surface area contributed by atoms with Gasteiger partial charge in [-0.05, 0) is 37.8 Å². The molecule has 1 heterocycles. The molecule has 11 heavy (non-hydrogen) atoms. The van der Waals surface area contributed by atoms with Crippen LogP contribution >= 0.6 is 11.3 Å². The van der Waals surface area contributed by atoms with Crippen molar-refractivity contribution < 1.29 is 0 Å². The van der Waals surface area contributed by atoms with Gasteiger partial charge in [0.05, 0.1) is 5.00 Å². The van der Waals surface area contributed by atoms with E-state index >= 15 is 0 Å². The highest BCUT2D eigenvalue weighted by Crippen LogP contribution is 2.21. The van der Waals surface area contributed by atoms with Crippen LogP contribution in [0.2, 0.25) is 0 Å². The van der Waals surface area contributed by atoms with Crippen molar-refractivity contribution in [3.8, 4) is 0 Å². The molecule has 1 aromatic heterocycles. The summed E-state index contributed by atoms with van der Waals surface area (Å²) in [4.78, 5) is 0. The normalized spacial score (nSPS) is 9.36. The Morgan fingerprint density at radius 2 is 2.27 bits per heavy atom. The fourth-order valence-electron chi connectivity index (χ4n) is 0.730. The lowest BCUT2D eigenvalue weighted by atomic mass is 10.3. The van der Waals surface area contributed by atoms with Crippen LogP contribution in [0.3, 0.4) is 0 Å². The summed E-state index contributed by atoms with van der Waals surface area (Å²) in [5.41, 5.74) is 2.60. The molecule has 1 N–H and O–H groups in total. The maximum Gasteiger partial charge on any atom is 0.0951 e. The first kappa shape index (κ1) is 8.34. The molecule has 0 aliphatic carbocycles. The Bertz CT molecular complexity index is 256. The van der Waals surface area contributed by atoms with Crippen molar-refractivity contribution in [3.63, 3.8) is 0 Å². The second-order valence-electron chi connectivity index (χ2n) is 2.80. The van der Waals surface area contributed by atoms with Crippen molar-refractivity contribution in [2.45, 2.75) is 20.8 Å². The SMILES string of the molecule is CC(C)=CNc1sccc1C. The quantitative estimate of drug-likeness (QED) is 0.712. The van der Waals surface area contributed by atoms with Gasteiger partial charge in [0.1, 0.15) is 0 Å². The van der Waals surface area contributed by atoms with Crippen LogP contribution < -0.4 is 5.32 Å². The van der Waals surface area contributed by atoms with Crippen molar-refractivity contribution in [3.05, 3.63) is 28.8 Å². The molecule has 0 atom stereocenters. The molecule has 0 aliphatic rings. The van der Waals surface area contributed by atoms with Crippen LogP contribution in [0.15, 0.2) is 23.2 Å². The first-order chi connectivity index (χ1) is 5.20. The van der Waals surface area contributed by atoms with Crippen LogP contribution in [0.25, 0.3) is 0 Å². The van der Waals surface area contributed by atoms with Gasteiger partial charge in [0.15, 0.2) is 0 Å². The standard InChI is InChI=1S/C9H13NS/c1-7(2)6-10-9-8(3)4-5-11-9/h4-6,10H,1-3H3. The zero-order valence-corrected chi connectivity index (χ0v) is 7.96. The second kappa shape index (κ2) is 3.58. The van der Waals surface area contributed by atoms with Crippen LogP contribution in [-0.4, -0.2) is 0 Å². The van der Waals surface area contributed by atoms with Crippen LogP contribution in [0.5, 0.6) is 0 Å². The highest BCUT2D eigenvalue weighted by atomic mass is 32.1. The number of hydrogen-bond donors (Lipinski definition) is 1. The molecule has 2 heteroatoms. The predicted molar refractivity (Wildman–Crippen MR) is 52.1 cm³/mol. The summed E-state index contributed by atoms with van der Waals surface area (Å²) in [7, 11) is 0. The minimum absolute atomic E-state index is 1.24. The van der Waals surface area contributed by atoms with E-state index < -0.39 is 0 Å². The van der Waals surface area contributed by atoms with Crippen molar-refractivity contribution in [1.29, 1.82) is 0 Å². The smallest absolute Gasteiger partial charge is 0.0951 e. The van der Waals surface area contributed by atoms with Crippen LogP contribution in [-0.2, 0) is 0 Å². The topological polar surface area (TPSA) is 12.0 Å². The lowest BCUT2D eigenvalue weighted by molar-refractivity contribution is 1.36. The second-order valence-corrected chi connectivity index (χ2v) is 3.71. The van der Waals surface area contributed by atoms with E-state index in [1.54, 1.807) is 11.3 Å². The summed E-state index contributed by atoms with van der Waals surface area (Å²) in [6.45, 7) is 6.27. The summed E-state index contributed by atoms with van der Waals surface area (Å²) >= 11 is 1.74. The Kier molecular flexibility index (Phi) is 2.71. The molecule has 0 radical (unpaired) electrons. The number of allylic oxidation sites excluding steroid dienone is 1. The van der Waals surface area contributed by atoms with Gasteiger partial charge in [-0.3, -0.25) is 0 Å². The van der Waals surface area contributed by atoms with Gasteiger partial charge >= 0.3 is 0 Å². The summed E-state index contributed by atoms with van der Waals surface area (Å²) in [5, 5.41) is 6.58. The Morgan fingerprint density at radius 1 is 1.55 bits per heavy atom. The minimum Gasteiger partial charge on any atom is -0.353 e. The van der Waals surface area contributed by atoms with Crippen molar-refractivity contribution in [2.24, 2.45) is 0 Å². The molecular formula is C9H13NS. The average molecular weight is 167 g/mol. The van der Waals surface area contributed by atoms with E-state index in [0.717, 1.165) is 0 Å². The molecule has 1 nitrogen and oxygen atoms in total. The molecule has 0 amide bonds. The molecule has 1 rings (SSSR count). The number of hydrogen-bond acceptors (Lipinski definition) is 2. The zero-order valence-electron chi connectivity index (χ0n) is 7.14. The van der Waals surface area contributed by atoms with Gasteiger partial charge < -0.3 is 5.32 Å². The number of aryl methyl sites for hydroxylation is 1. The Hall–Kier alpha value is -0.760. The minimum atomic E-state index is 1.24. The van der Waals surface area contributed by atoms with Gasteiger partial charge in [-0.1, -0.05) is 5.57 Å². The zero-order chi connectivity index (χ0) is 8.27. The summed E-state index contributed by atoms with van der Waals surface area (Å²) in [5.74, 6) is 0. The Balaban J connectivity index is 2.65. The molecule has 0 saturated carbocycles. The van der Waals surface area contributed by atoms with E-state index in [1.165, 1.54) is 16.1 Å². The lowest BCUT2D eigenvalue weighted by Crippen LogP contribution is -1.86. The molecule has 0 fully saturated rings. The molecule has 0 aromatic carbocycles. The van der Waals surface area contributed by atoms with Crippen molar-refractivity contribution in [2.75, 3.05) is 5.32 Å². The third-order valence-corrected chi connectivity index (χ3v) is 2.30. The summed E-state index contributed by atoms with van der Waals surface area (Å²) < 4.78 is 0. The third kappa shape index (κ3) is 2.39. The summed E-state index contributed by atoms with van der Waals surface area (Å²) in [6, 6.07) is 2.12. The first-order valence-electron chi connectivity index (χ1n) is 3.64. The van der Waals surface area contributed by atoms with Crippen molar-refractivity contribution in [1.82, 2.24) is 0 Å². The number of thiophene rings is 1. The van der Waals surface area contributed by atoms with Crippen LogP contribution in [0.1, 0.15) is 19.4 Å². The Morgan fingerprint density at radius 3 is 2.73 bits per heavy atom. The molecule has 0 unspecified atom stereocenters. The molecule has 60 valence electrons. The number of nitrogens with one attached hydrogen (secondary N) is 1. The molecule has 0 bridgehead atoms. The van der Waals surface area contributed by atoms with E-state index in [9.17, 15) is 0 Å². The van der Waals surface area contributed by atoms with Gasteiger partial charge in [-0.15, -0.1) is 11.3 Å². The van der Waals surface area contributed by atoms with E-state index in [0.29, 0.717) is 0 Å². The van der Waals surface area contributed by atoms with E-state index in [2.05, 4.69) is 37.5 Å². The van der Waals surface area contributed by atoms with Gasteiger partial charge in [0, 0.05) is 6.20 Å². The third-order valence-electron chi connectivity index (χ3n) is 1.35. The van der Waals surface area contributed by atoms with E-state index in [1.807, 2.05) is 6.20 Å². The number of rotatable bonds is 2. The molecular weight excluding hydrogens is 154 g/mol. The fraction of sp³-hybridized carbons (Fsp3) is 0.333.